The van der Waals surface area contributed by atoms with Crippen molar-refractivity contribution in [2.24, 2.45) is 11.8 Å². The first kappa shape index (κ1) is 15.2. The highest BCUT2D eigenvalue weighted by Crippen LogP contribution is 2.33. The maximum atomic E-state index is 11.1. The van der Waals surface area contributed by atoms with E-state index in [-0.39, 0.29) is 5.91 Å². The number of nitrogens with one attached hydrogen (secondary N) is 2. The van der Waals surface area contributed by atoms with Crippen LogP contribution in [0.25, 0.3) is 0 Å². The van der Waals surface area contributed by atoms with Crippen molar-refractivity contribution in [3.63, 3.8) is 0 Å². The van der Waals surface area contributed by atoms with Crippen molar-refractivity contribution in [2.45, 2.75) is 46.1 Å². The van der Waals surface area contributed by atoms with Gasteiger partial charge in [0.05, 0.1) is 10.7 Å². The molecule has 3 atom stereocenters. The lowest BCUT2D eigenvalue weighted by Crippen LogP contribution is -2.34. The first-order chi connectivity index (χ1) is 9.47. The average molecular weight is 295 g/mol. The van der Waals surface area contributed by atoms with Crippen molar-refractivity contribution in [3.8, 4) is 0 Å². The van der Waals surface area contributed by atoms with Gasteiger partial charge in [-0.2, -0.15) is 0 Å². The van der Waals surface area contributed by atoms with Crippen molar-refractivity contribution in [1.29, 1.82) is 0 Å². The van der Waals surface area contributed by atoms with E-state index in [0.29, 0.717) is 22.7 Å². The molecular formula is C16H23ClN2O. The van der Waals surface area contributed by atoms with E-state index < -0.39 is 0 Å². The average Bonchev–Trinajstić information content (AvgIpc) is 2.38. The summed E-state index contributed by atoms with van der Waals surface area (Å²) in [5.41, 5.74) is 1.69. The molecule has 0 spiro atoms. The molecule has 0 heterocycles. The molecule has 1 aromatic carbocycles. The monoisotopic (exact) mass is 294 g/mol. The number of rotatable bonds is 3. The third kappa shape index (κ3) is 3.66. The van der Waals surface area contributed by atoms with E-state index in [4.69, 9.17) is 11.6 Å². The molecule has 0 aliphatic heterocycles. The van der Waals surface area contributed by atoms with Crippen LogP contribution in [-0.2, 0) is 4.79 Å². The van der Waals surface area contributed by atoms with Gasteiger partial charge in [0.15, 0.2) is 0 Å². The molecule has 1 aliphatic rings. The van der Waals surface area contributed by atoms with Crippen LogP contribution >= 0.6 is 11.6 Å². The van der Waals surface area contributed by atoms with Crippen LogP contribution in [0.1, 0.15) is 40.0 Å². The van der Waals surface area contributed by atoms with Gasteiger partial charge in [0.1, 0.15) is 0 Å². The van der Waals surface area contributed by atoms with Gasteiger partial charge in [-0.15, -0.1) is 0 Å². The molecule has 1 amide bonds. The van der Waals surface area contributed by atoms with Crippen LogP contribution < -0.4 is 10.6 Å². The molecule has 0 saturated heterocycles. The molecule has 110 valence electrons. The number of amides is 1. The molecule has 2 rings (SSSR count). The molecule has 0 aromatic heterocycles. The van der Waals surface area contributed by atoms with Gasteiger partial charge in [0, 0.05) is 18.7 Å². The van der Waals surface area contributed by atoms with Gasteiger partial charge < -0.3 is 10.6 Å². The number of anilines is 2. The summed E-state index contributed by atoms with van der Waals surface area (Å²) in [5.74, 6) is 1.32. The standard InChI is InChI=1S/C16H23ClN2O/c1-10-5-4-6-15(11(10)2)19-13-7-8-16(14(17)9-13)18-12(3)20/h7-11,15,19H,4-6H2,1-3H3,(H,18,20). The minimum Gasteiger partial charge on any atom is -0.382 e. The van der Waals surface area contributed by atoms with Crippen LogP contribution in [0, 0.1) is 11.8 Å². The number of benzene rings is 1. The summed E-state index contributed by atoms with van der Waals surface area (Å²) in [7, 11) is 0. The minimum atomic E-state index is -0.109. The third-order valence-corrected chi connectivity index (χ3v) is 4.65. The van der Waals surface area contributed by atoms with E-state index >= 15 is 0 Å². The smallest absolute Gasteiger partial charge is 0.221 e. The highest BCUT2D eigenvalue weighted by molar-refractivity contribution is 6.34. The first-order valence-corrected chi connectivity index (χ1v) is 7.69. The molecule has 0 radical (unpaired) electrons. The van der Waals surface area contributed by atoms with Crippen LogP contribution in [0.15, 0.2) is 18.2 Å². The fourth-order valence-corrected chi connectivity index (χ4v) is 3.12. The quantitative estimate of drug-likeness (QED) is 0.859. The summed E-state index contributed by atoms with van der Waals surface area (Å²) in [6.07, 6.45) is 3.80. The van der Waals surface area contributed by atoms with E-state index in [9.17, 15) is 4.79 Å². The summed E-state index contributed by atoms with van der Waals surface area (Å²) in [6.45, 7) is 6.12. The summed E-state index contributed by atoms with van der Waals surface area (Å²) < 4.78 is 0. The number of hydrogen-bond donors (Lipinski definition) is 2. The van der Waals surface area contributed by atoms with Crippen LogP contribution in [0.5, 0.6) is 0 Å². The number of halogens is 1. The molecule has 3 unspecified atom stereocenters. The Morgan fingerprint density at radius 2 is 2.05 bits per heavy atom. The van der Waals surface area contributed by atoms with Crippen LogP contribution in [0.3, 0.4) is 0 Å². The number of carbonyl (C=O) groups is 1. The lowest BCUT2D eigenvalue weighted by molar-refractivity contribution is -0.114. The largest absolute Gasteiger partial charge is 0.382 e. The second-order valence-electron chi connectivity index (χ2n) is 5.89. The molecule has 4 heteroatoms. The van der Waals surface area contributed by atoms with Gasteiger partial charge in [-0.1, -0.05) is 38.3 Å². The zero-order valence-corrected chi connectivity index (χ0v) is 13.1. The van der Waals surface area contributed by atoms with Crippen LogP contribution in [-0.4, -0.2) is 11.9 Å². The Balaban J connectivity index is 2.06. The summed E-state index contributed by atoms with van der Waals surface area (Å²) in [6, 6.07) is 6.21. The van der Waals surface area contributed by atoms with E-state index in [1.54, 1.807) is 0 Å². The van der Waals surface area contributed by atoms with Gasteiger partial charge in [-0.05, 0) is 36.5 Å². The van der Waals surface area contributed by atoms with Crippen LogP contribution in [0.2, 0.25) is 5.02 Å². The lowest BCUT2D eigenvalue weighted by atomic mass is 9.78. The predicted molar refractivity (Wildman–Crippen MR) is 85.3 cm³/mol. The van der Waals surface area contributed by atoms with Crippen molar-refractivity contribution in [1.82, 2.24) is 0 Å². The molecule has 0 bridgehead atoms. The van der Waals surface area contributed by atoms with Gasteiger partial charge >= 0.3 is 0 Å². The Morgan fingerprint density at radius 3 is 2.70 bits per heavy atom. The Labute approximate surface area is 126 Å². The maximum Gasteiger partial charge on any atom is 0.221 e. The highest BCUT2D eigenvalue weighted by atomic mass is 35.5. The Morgan fingerprint density at radius 1 is 1.30 bits per heavy atom. The summed E-state index contributed by atoms with van der Waals surface area (Å²) >= 11 is 6.20. The molecule has 2 N–H and O–H groups in total. The van der Waals surface area contributed by atoms with E-state index in [1.165, 1.54) is 26.2 Å². The SMILES string of the molecule is CC(=O)Nc1ccc(NC2CCCC(C)C2C)cc1Cl. The van der Waals surface area contributed by atoms with E-state index in [2.05, 4.69) is 24.5 Å². The van der Waals surface area contributed by atoms with E-state index in [1.807, 2.05) is 18.2 Å². The third-order valence-electron chi connectivity index (χ3n) is 4.34. The minimum absolute atomic E-state index is 0.109. The second-order valence-corrected chi connectivity index (χ2v) is 6.30. The maximum absolute atomic E-state index is 11.1. The molecule has 20 heavy (non-hydrogen) atoms. The molecule has 1 fully saturated rings. The van der Waals surface area contributed by atoms with Gasteiger partial charge in [0.25, 0.3) is 0 Å². The Kier molecular flexibility index (Phi) is 4.92. The molecule has 3 nitrogen and oxygen atoms in total. The lowest BCUT2D eigenvalue weighted by Gasteiger charge is -2.35. The Bertz CT molecular complexity index is 489. The first-order valence-electron chi connectivity index (χ1n) is 7.31. The van der Waals surface area contributed by atoms with Crippen molar-refractivity contribution >= 4 is 28.9 Å². The zero-order valence-electron chi connectivity index (χ0n) is 12.4. The summed E-state index contributed by atoms with van der Waals surface area (Å²) in [4.78, 5) is 11.1. The van der Waals surface area contributed by atoms with E-state index in [0.717, 1.165) is 11.6 Å². The topological polar surface area (TPSA) is 41.1 Å². The second kappa shape index (κ2) is 6.49. The Hall–Kier alpha value is -1.22. The fraction of sp³-hybridized carbons (Fsp3) is 0.562. The number of hydrogen-bond acceptors (Lipinski definition) is 2. The molecule has 1 aromatic rings. The predicted octanol–water partition coefficient (Wildman–Crippen LogP) is 4.54. The van der Waals surface area contributed by atoms with Crippen molar-refractivity contribution < 1.29 is 4.79 Å². The zero-order chi connectivity index (χ0) is 14.7. The summed E-state index contributed by atoms with van der Waals surface area (Å²) in [5, 5.41) is 6.88. The van der Waals surface area contributed by atoms with Gasteiger partial charge in [-0.3, -0.25) is 4.79 Å². The molecule has 1 aliphatic carbocycles. The van der Waals surface area contributed by atoms with Gasteiger partial charge in [-0.25, -0.2) is 0 Å². The van der Waals surface area contributed by atoms with Crippen molar-refractivity contribution in [2.75, 3.05) is 10.6 Å². The van der Waals surface area contributed by atoms with Gasteiger partial charge in [0.2, 0.25) is 5.91 Å². The molecule has 1 saturated carbocycles. The highest BCUT2D eigenvalue weighted by Gasteiger charge is 2.26. The fourth-order valence-electron chi connectivity index (χ4n) is 2.90. The normalized spacial score (nSPS) is 26.1. The van der Waals surface area contributed by atoms with Crippen molar-refractivity contribution in [3.05, 3.63) is 23.2 Å². The van der Waals surface area contributed by atoms with Crippen LogP contribution in [0.4, 0.5) is 11.4 Å². The number of carbonyl (C=O) groups excluding carboxylic acids is 1. The molecular weight excluding hydrogens is 272 g/mol.